The summed E-state index contributed by atoms with van der Waals surface area (Å²) in [5.41, 5.74) is 0.555. The number of ketones is 2. The normalized spacial score (nSPS) is 25.8. The smallest absolute Gasteiger partial charge is 0.303 e. The number of nitrogens with zero attached hydrogens (tertiary/aromatic N) is 3. The summed E-state index contributed by atoms with van der Waals surface area (Å²) < 4.78 is 40.9. The maximum absolute atomic E-state index is 13.2. The molecule has 48 heavy (non-hydrogen) atoms. The van der Waals surface area contributed by atoms with Crippen molar-refractivity contribution in [1.29, 1.82) is 0 Å². The zero-order chi connectivity index (χ0) is 34.9. The van der Waals surface area contributed by atoms with Crippen LogP contribution in [-0.4, -0.2) is 93.4 Å². The first kappa shape index (κ1) is 34.4. The van der Waals surface area contributed by atoms with E-state index in [1.54, 1.807) is 30.5 Å². The molecule has 1 aromatic heterocycles. The summed E-state index contributed by atoms with van der Waals surface area (Å²) in [6.45, 7) is 7.65. The molecule has 1 unspecified atom stereocenters. The van der Waals surface area contributed by atoms with Crippen molar-refractivity contribution in [3.63, 3.8) is 0 Å². The van der Waals surface area contributed by atoms with Gasteiger partial charge in [-0.2, -0.15) is 0 Å². The number of aromatic nitrogens is 3. The first-order valence-electron chi connectivity index (χ1n) is 15.1. The number of benzene rings is 1. The van der Waals surface area contributed by atoms with Gasteiger partial charge in [0.15, 0.2) is 24.6 Å². The van der Waals surface area contributed by atoms with Gasteiger partial charge in [-0.1, -0.05) is 29.5 Å². The number of hydrogen-bond acceptors (Lipinski definition) is 15. The number of rotatable bonds is 10. The third-order valence-electron chi connectivity index (χ3n) is 7.96. The fraction of sp³-hybridized carbons (Fsp3) is 0.500. The van der Waals surface area contributed by atoms with E-state index in [1.165, 1.54) is 11.6 Å². The Morgan fingerprint density at radius 3 is 2.12 bits per heavy atom. The van der Waals surface area contributed by atoms with Gasteiger partial charge in [0.05, 0.1) is 30.8 Å². The van der Waals surface area contributed by atoms with E-state index >= 15 is 0 Å². The molecule has 6 atom stereocenters. The van der Waals surface area contributed by atoms with Crippen LogP contribution >= 0.6 is 0 Å². The van der Waals surface area contributed by atoms with Crippen molar-refractivity contribution in [2.45, 2.75) is 91.0 Å². The minimum absolute atomic E-state index is 0.138. The van der Waals surface area contributed by atoms with Crippen LogP contribution in [0, 0.1) is 5.92 Å². The lowest BCUT2D eigenvalue weighted by Gasteiger charge is -2.43. The minimum Gasteiger partial charge on any atom is -0.486 e. The average molecular weight is 670 g/mol. The van der Waals surface area contributed by atoms with Gasteiger partial charge in [-0.05, 0) is 13.8 Å². The number of esters is 4. The van der Waals surface area contributed by atoms with Crippen molar-refractivity contribution < 1.29 is 61.9 Å². The molecule has 5 rings (SSSR count). The summed E-state index contributed by atoms with van der Waals surface area (Å²) in [7, 11) is 0. The van der Waals surface area contributed by atoms with E-state index in [4.69, 9.17) is 33.2 Å². The fourth-order valence-electron chi connectivity index (χ4n) is 5.96. The Bertz CT molecular complexity index is 1680. The quantitative estimate of drug-likeness (QED) is 0.200. The second kappa shape index (κ2) is 13.6. The fourth-order valence-corrected chi connectivity index (χ4v) is 5.96. The Balaban J connectivity index is 1.36. The molecule has 0 amide bonds. The van der Waals surface area contributed by atoms with Gasteiger partial charge in [-0.25, -0.2) is 0 Å². The molecule has 256 valence electrons. The number of Topliss-reactive ketones (excluding diaryl/α,β-unsaturated/α-hetero) is 2. The van der Waals surface area contributed by atoms with Gasteiger partial charge >= 0.3 is 23.9 Å². The minimum atomic E-state index is -1.41. The van der Waals surface area contributed by atoms with Crippen molar-refractivity contribution in [3.8, 4) is 0 Å². The number of hydrogen-bond donors (Lipinski definition) is 0. The van der Waals surface area contributed by atoms with Crippen LogP contribution in [0.3, 0.4) is 0 Å². The van der Waals surface area contributed by atoms with Gasteiger partial charge in [0, 0.05) is 38.8 Å². The zero-order valence-electron chi connectivity index (χ0n) is 27.1. The molecule has 3 aliphatic rings. The van der Waals surface area contributed by atoms with Gasteiger partial charge < -0.3 is 33.2 Å². The largest absolute Gasteiger partial charge is 0.486 e. The molecule has 1 saturated heterocycles. The highest BCUT2D eigenvalue weighted by molar-refractivity contribution is 6.52. The average Bonchev–Trinajstić information content (AvgIpc) is 3.56. The van der Waals surface area contributed by atoms with Gasteiger partial charge in [-0.15, -0.1) is 5.10 Å². The topological polar surface area (TPSA) is 198 Å². The SMILES string of the molecule is CC(=O)OC[C@@H]1O[C@H](OCc2cn(CC3C4=C(OC3(C)C)c3ccccc3C(=O)C4=O)nn2)[C@@H](OC(C)=O)[C@H](OC(C)=O)[C@H]1OC(C)=O. The highest BCUT2D eigenvalue weighted by atomic mass is 16.7. The molecular weight excluding hydrogens is 634 g/mol. The number of carbonyl (C=O) groups excluding carboxylic acids is 6. The summed E-state index contributed by atoms with van der Waals surface area (Å²) in [6, 6.07) is 6.80. The molecule has 0 bridgehead atoms. The predicted octanol–water partition coefficient (Wildman–Crippen LogP) is 1.48. The first-order valence-corrected chi connectivity index (χ1v) is 15.1. The van der Waals surface area contributed by atoms with Crippen LogP contribution in [0.5, 0.6) is 0 Å². The Morgan fingerprint density at radius 2 is 1.48 bits per heavy atom. The van der Waals surface area contributed by atoms with Gasteiger partial charge in [0.25, 0.3) is 0 Å². The highest BCUT2D eigenvalue weighted by Crippen LogP contribution is 2.47. The Labute approximate surface area is 274 Å². The van der Waals surface area contributed by atoms with E-state index in [-0.39, 0.29) is 18.7 Å². The molecule has 16 nitrogen and oxygen atoms in total. The molecule has 0 spiro atoms. The van der Waals surface area contributed by atoms with E-state index in [2.05, 4.69) is 10.3 Å². The summed E-state index contributed by atoms with van der Waals surface area (Å²) in [4.78, 5) is 73.9. The molecule has 16 heteroatoms. The molecule has 0 saturated carbocycles. The van der Waals surface area contributed by atoms with E-state index < -0.39 is 84.3 Å². The van der Waals surface area contributed by atoms with Crippen LogP contribution in [0.4, 0.5) is 0 Å². The summed E-state index contributed by atoms with van der Waals surface area (Å²) >= 11 is 0. The van der Waals surface area contributed by atoms with Gasteiger partial charge in [0.1, 0.15) is 29.8 Å². The number of carbonyl (C=O) groups is 6. The summed E-state index contributed by atoms with van der Waals surface area (Å²) in [5, 5.41) is 8.31. The van der Waals surface area contributed by atoms with Crippen molar-refractivity contribution in [2.75, 3.05) is 6.61 Å². The molecule has 2 aromatic rings. The maximum Gasteiger partial charge on any atom is 0.303 e. The molecule has 3 heterocycles. The second-order valence-electron chi connectivity index (χ2n) is 12.0. The monoisotopic (exact) mass is 669 g/mol. The van der Waals surface area contributed by atoms with Crippen LogP contribution in [0.1, 0.15) is 63.2 Å². The summed E-state index contributed by atoms with van der Waals surface area (Å²) in [6.07, 6.45) is -5.15. The van der Waals surface area contributed by atoms with Crippen LogP contribution in [0.2, 0.25) is 0 Å². The van der Waals surface area contributed by atoms with Crippen molar-refractivity contribution >= 4 is 41.2 Å². The zero-order valence-corrected chi connectivity index (χ0v) is 27.1. The third kappa shape index (κ3) is 7.13. The highest BCUT2D eigenvalue weighted by Gasteiger charge is 2.53. The van der Waals surface area contributed by atoms with E-state index in [1.807, 2.05) is 13.8 Å². The van der Waals surface area contributed by atoms with Crippen LogP contribution in [-0.2, 0) is 70.3 Å². The third-order valence-corrected chi connectivity index (χ3v) is 7.96. The Kier molecular flexibility index (Phi) is 9.77. The lowest BCUT2D eigenvalue weighted by atomic mass is 9.79. The van der Waals surface area contributed by atoms with Gasteiger partial charge in [0.2, 0.25) is 11.6 Å². The molecule has 1 fully saturated rings. The van der Waals surface area contributed by atoms with Crippen molar-refractivity contribution in [2.24, 2.45) is 5.92 Å². The van der Waals surface area contributed by atoms with Crippen LogP contribution < -0.4 is 0 Å². The molecule has 0 radical (unpaired) electrons. The van der Waals surface area contributed by atoms with E-state index in [0.717, 1.165) is 20.8 Å². The Hall–Kier alpha value is -4.96. The first-order chi connectivity index (χ1) is 22.7. The maximum atomic E-state index is 13.2. The number of fused-ring (bicyclic) bond motifs is 2. The lowest BCUT2D eigenvalue weighted by Crippen LogP contribution is -2.62. The second-order valence-corrected chi connectivity index (χ2v) is 12.0. The van der Waals surface area contributed by atoms with Crippen molar-refractivity contribution in [1.82, 2.24) is 15.0 Å². The van der Waals surface area contributed by atoms with Crippen LogP contribution in [0.15, 0.2) is 36.0 Å². The van der Waals surface area contributed by atoms with E-state index in [0.29, 0.717) is 22.6 Å². The number of ether oxygens (including phenoxy) is 7. The van der Waals surface area contributed by atoms with Crippen molar-refractivity contribution in [3.05, 3.63) is 52.9 Å². The molecule has 1 aliphatic carbocycles. The molecular formula is C32H35N3O13. The lowest BCUT2D eigenvalue weighted by molar-refractivity contribution is -0.310. The molecule has 2 aliphatic heterocycles. The standard InChI is InChI=1S/C32H35N3O13/c1-15(36)42-14-23-28(44-16(2)37)29(45-17(3)38)30(46-18(4)39)31(47-23)43-13-19-11-35(34-33-19)12-22-24-26(41)25(40)20-9-7-8-10-21(20)27(24)48-32(22,5)6/h7-11,22-23,28-31H,12-14H2,1-6H3/t22?,23-,28-,29+,30-,31-/m0/s1. The summed E-state index contributed by atoms with van der Waals surface area (Å²) in [5.74, 6) is -4.36. The predicted molar refractivity (Wildman–Crippen MR) is 158 cm³/mol. The molecule has 0 N–H and O–H groups in total. The van der Waals surface area contributed by atoms with E-state index in [9.17, 15) is 28.8 Å². The van der Waals surface area contributed by atoms with Gasteiger partial charge in [-0.3, -0.25) is 33.4 Å². The van der Waals surface area contributed by atoms with Crippen LogP contribution in [0.25, 0.3) is 5.76 Å². The molecule has 1 aromatic carbocycles. The Morgan fingerprint density at radius 1 is 0.854 bits per heavy atom.